The lowest BCUT2D eigenvalue weighted by atomic mass is 9.74. The van der Waals surface area contributed by atoms with Gasteiger partial charge in [0.15, 0.2) is 0 Å². The minimum Gasteiger partial charge on any atom is -0.342 e. The van der Waals surface area contributed by atoms with Crippen molar-refractivity contribution < 1.29 is 4.79 Å². The van der Waals surface area contributed by atoms with Gasteiger partial charge in [0.25, 0.3) is 0 Å². The normalized spacial score (nSPS) is 28.6. The van der Waals surface area contributed by atoms with Gasteiger partial charge in [0, 0.05) is 25.0 Å². The minimum absolute atomic E-state index is 0.196. The van der Waals surface area contributed by atoms with Crippen LogP contribution in [0, 0.1) is 11.3 Å². The summed E-state index contributed by atoms with van der Waals surface area (Å²) in [7, 11) is 0. The quantitative estimate of drug-likeness (QED) is 0.839. The maximum atomic E-state index is 12.3. The molecule has 18 heavy (non-hydrogen) atoms. The predicted octanol–water partition coefficient (Wildman–Crippen LogP) is 2.54. The van der Waals surface area contributed by atoms with Crippen LogP contribution in [-0.4, -0.2) is 29.9 Å². The van der Waals surface area contributed by atoms with Gasteiger partial charge >= 0.3 is 0 Å². The van der Waals surface area contributed by atoms with Gasteiger partial charge < -0.3 is 10.6 Å². The Kier molecular flexibility index (Phi) is 4.31. The van der Waals surface area contributed by atoms with Crippen LogP contribution in [0.4, 0.5) is 0 Å². The second-order valence-electron chi connectivity index (χ2n) is 6.38. The van der Waals surface area contributed by atoms with E-state index < -0.39 is 0 Å². The number of carbonyl (C=O) groups excluding carboxylic acids is 1. The van der Waals surface area contributed by atoms with Crippen LogP contribution < -0.4 is 5.73 Å². The summed E-state index contributed by atoms with van der Waals surface area (Å²) in [4.78, 5) is 14.3. The van der Waals surface area contributed by atoms with Crippen molar-refractivity contribution in [1.29, 1.82) is 0 Å². The Labute approximate surface area is 111 Å². The van der Waals surface area contributed by atoms with Gasteiger partial charge in [-0.1, -0.05) is 26.7 Å². The van der Waals surface area contributed by atoms with Gasteiger partial charge in [0.1, 0.15) is 0 Å². The van der Waals surface area contributed by atoms with E-state index in [1.54, 1.807) is 0 Å². The second kappa shape index (κ2) is 5.60. The molecule has 0 aromatic carbocycles. The van der Waals surface area contributed by atoms with Crippen LogP contribution in [0.2, 0.25) is 0 Å². The summed E-state index contributed by atoms with van der Waals surface area (Å²) in [5, 5.41) is 0. The first kappa shape index (κ1) is 13.9. The SMILES string of the molecule is CCCC(C)C(=O)N1CCC2(CCCC2N)CC1. The largest absolute Gasteiger partial charge is 0.342 e. The second-order valence-corrected chi connectivity index (χ2v) is 6.38. The number of hydrogen-bond acceptors (Lipinski definition) is 2. The van der Waals surface area contributed by atoms with Crippen molar-refractivity contribution >= 4 is 5.91 Å². The zero-order valence-corrected chi connectivity index (χ0v) is 12.0. The average molecular weight is 252 g/mol. The Hall–Kier alpha value is -0.570. The maximum Gasteiger partial charge on any atom is 0.225 e. The Morgan fingerprint density at radius 1 is 1.39 bits per heavy atom. The van der Waals surface area contributed by atoms with E-state index in [0.29, 0.717) is 17.4 Å². The molecule has 0 bridgehead atoms. The number of nitrogens with two attached hydrogens (primary N) is 1. The summed E-state index contributed by atoms with van der Waals surface area (Å²) in [6.45, 7) is 6.07. The third-order valence-electron chi connectivity index (χ3n) is 5.19. The fourth-order valence-electron chi connectivity index (χ4n) is 3.83. The van der Waals surface area contributed by atoms with Crippen molar-refractivity contribution in [3.05, 3.63) is 0 Å². The fourth-order valence-corrected chi connectivity index (χ4v) is 3.83. The van der Waals surface area contributed by atoms with E-state index in [1.165, 1.54) is 19.3 Å². The zero-order chi connectivity index (χ0) is 13.2. The first-order valence-corrected chi connectivity index (χ1v) is 7.63. The van der Waals surface area contributed by atoms with E-state index in [0.717, 1.165) is 38.8 Å². The molecule has 1 heterocycles. The molecule has 1 saturated carbocycles. The van der Waals surface area contributed by atoms with E-state index >= 15 is 0 Å². The molecule has 0 aromatic heterocycles. The van der Waals surface area contributed by atoms with Crippen molar-refractivity contribution in [2.24, 2.45) is 17.1 Å². The van der Waals surface area contributed by atoms with Crippen LogP contribution in [-0.2, 0) is 4.79 Å². The molecule has 2 aliphatic rings. The highest BCUT2D eigenvalue weighted by Gasteiger charge is 2.43. The molecular weight excluding hydrogens is 224 g/mol. The van der Waals surface area contributed by atoms with Crippen LogP contribution in [0.5, 0.6) is 0 Å². The summed E-state index contributed by atoms with van der Waals surface area (Å²) in [5.41, 5.74) is 6.64. The zero-order valence-electron chi connectivity index (χ0n) is 12.0. The highest BCUT2D eigenvalue weighted by molar-refractivity contribution is 5.78. The van der Waals surface area contributed by atoms with Gasteiger partial charge in [-0.05, 0) is 37.5 Å². The highest BCUT2D eigenvalue weighted by Crippen LogP contribution is 2.45. The first-order valence-electron chi connectivity index (χ1n) is 7.63. The van der Waals surface area contributed by atoms with E-state index in [1.807, 2.05) is 0 Å². The van der Waals surface area contributed by atoms with Gasteiger partial charge in [-0.3, -0.25) is 4.79 Å². The van der Waals surface area contributed by atoms with E-state index in [2.05, 4.69) is 18.7 Å². The molecule has 1 spiro atoms. The van der Waals surface area contributed by atoms with Crippen LogP contribution in [0.1, 0.15) is 58.8 Å². The van der Waals surface area contributed by atoms with Gasteiger partial charge in [0.05, 0.1) is 0 Å². The molecule has 104 valence electrons. The molecule has 0 radical (unpaired) electrons. The van der Waals surface area contributed by atoms with Gasteiger partial charge in [-0.25, -0.2) is 0 Å². The van der Waals surface area contributed by atoms with E-state index in [-0.39, 0.29) is 5.92 Å². The number of likely N-dealkylation sites (tertiary alicyclic amines) is 1. The van der Waals surface area contributed by atoms with Crippen LogP contribution in [0.3, 0.4) is 0 Å². The molecular formula is C15H28N2O. The lowest BCUT2D eigenvalue weighted by Gasteiger charge is -2.42. The number of carbonyl (C=O) groups is 1. The molecule has 2 unspecified atom stereocenters. The van der Waals surface area contributed by atoms with Crippen molar-refractivity contribution in [2.75, 3.05) is 13.1 Å². The number of hydrogen-bond donors (Lipinski definition) is 1. The Morgan fingerprint density at radius 2 is 2.06 bits per heavy atom. The molecule has 1 amide bonds. The van der Waals surface area contributed by atoms with Gasteiger partial charge in [-0.2, -0.15) is 0 Å². The summed E-state index contributed by atoms with van der Waals surface area (Å²) < 4.78 is 0. The van der Waals surface area contributed by atoms with Gasteiger partial charge in [0.2, 0.25) is 5.91 Å². The summed E-state index contributed by atoms with van der Waals surface area (Å²) in [6.07, 6.45) is 8.09. The average Bonchev–Trinajstić information content (AvgIpc) is 2.71. The Balaban J connectivity index is 1.88. The molecule has 2 rings (SSSR count). The lowest BCUT2D eigenvalue weighted by Crippen LogP contribution is -2.49. The van der Waals surface area contributed by atoms with Gasteiger partial charge in [-0.15, -0.1) is 0 Å². The monoisotopic (exact) mass is 252 g/mol. The molecule has 2 fully saturated rings. The van der Waals surface area contributed by atoms with Crippen molar-refractivity contribution in [2.45, 2.75) is 64.8 Å². The third-order valence-corrected chi connectivity index (χ3v) is 5.19. The van der Waals surface area contributed by atoms with Crippen LogP contribution in [0.25, 0.3) is 0 Å². The standard InChI is InChI=1S/C15H28N2O/c1-3-5-12(2)14(18)17-10-8-15(9-11-17)7-4-6-13(15)16/h12-13H,3-11,16H2,1-2H3. The molecule has 1 aliphatic heterocycles. The molecule has 2 atom stereocenters. The fraction of sp³-hybridized carbons (Fsp3) is 0.933. The van der Waals surface area contributed by atoms with Crippen molar-refractivity contribution in [3.8, 4) is 0 Å². The number of nitrogens with zero attached hydrogens (tertiary/aromatic N) is 1. The van der Waals surface area contributed by atoms with Crippen LogP contribution in [0.15, 0.2) is 0 Å². The maximum absolute atomic E-state index is 12.3. The smallest absolute Gasteiger partial charge is 0.225 e. The summed E-state index contributed by atoms with van der Waals surface area (Å²) in [5.74, 6) is 0.555. The minimum atomic E-state index is 0.196. The number of piperidine rings is 1. The number of rotatable bonds is 3. The van der Waals surface area contributed by atoms with Crippen molar-refractivity contribution in [3.63, 3.8) is 0 Å². The van der Waals surface area contributed by atoms with E-state index in [9.17, 15) is 4.79 Å². The molecule has 1 aliphatic carbocycles. The highest BCUT2D eigenvalue weighted by atomic mass is 16.2. The number of amides is 1. The third kappa shape index (κ3) is 2.56. The predicted molar refractivity (Wildman–Crippen MR) is 74.1 cm³/mol. The summed E-state index contributed by atoms with van der Waals surface area (Å²) in [6, 6.07) is 0.378. The molecule has 1 saturated heterocycles. The topological polar surface area (TPSA) is 46.3 Å². The molecule has 3 heteroatoms. The van der Waals surface area contributed by atoms with Crippen LogP contribution >= 0.6 is 0 Å². The van der Waals surface area contributed by atoms with Crippen molar-refractivity contribution in [1.82, 2.24) is 4.90 Å². The molecule has 2 N–H and O–H groups in total. The summed E-state index contributed by atoms with van der Waals surface area (Å²) >= 11 is 0. The first-order chi connectivity index (χ1) is 8.59. The van der Waals surface area contributed by atoms with E-state index in [4.69, 9.17) is 5.73 Å². The lowest BCUT2D eigenvalue weighted by molar-refractivity contribution is -0.137. The molecule has 0 aromatic rings. The Bertz CT molecular complexity index is 295. The Morgan fingerprint density at radius 3 is 2.56 bits per heavy atom. The molecule has 3 nitrogen and oxygen atoms in total.